The molecule has 1 N–H and O–H groups in total. The van der Waals surface area contributed by atoms with Gasteiger partial charge in [-0.25, -0.2) is 0 Å². The lowest BCUT2D eigenvalue weighted by molar-refractivity contribution is 0.132. The van der Waals surface area contributed by atoms with Gasteiger partial charge in [-0.15, -0.1) is 0 Å². The Morgan fingerprint density at radius 3 is 2.48 bits per heavy atom. The van der Waals surface area contributed by atoms with Crippen LogP contribution in [0.3, 0.4) is 0 Å². The molecule has 1 heterocycles. The zero-order valence-electron chi connectivity index (χ0n) is 12.3. The third-order valence-corrected chi connectivity index (χ3v) is 3.92. The van der Waals surface area contributed by atoms with Crippen molar-refractivity contribution in [3.63, 3.8) is 0 Å². The minimum atomic E-state index is -0.157. The van der Waals surface area contributed by atoms with E-state index in [1.165, 1.54) is 0 Å². The van der Waals surface area contributed by atoms with Crippen molar-refractivity contribution in [1.82, 2.24) is 4.98 Å². The van der Waals surface area contributed by atoms with Gasteiger partial charge in [0.25, 0.3) is 5.56 Å². The molecule has 1 aromatic carbocycles. The van der Waals surface area contributed by atoms with Crippen LogP contribution >= 0.6 is 22.6 Å². The van der Waals surface area contributed by atoms with Gasteiger partial charge in [-0.1, -0.05) is 6.07 Å². The largest absolute Gasteiger partial charge is 0.456 e. The van der Waals surface area contributed by atoms with E-state index in [1.807, 2.05) is 55.5 Å². The highest BCUT2D eigenvalue weighted by Crippen LogP contribution is 2.29. The van der Waals surface area contributed by atoms with Crippen LogP contribution < -0.4 is 10.3 Å². The van der Waals surface area contributed by atoms with E-state index in [1.54, 1.807) is 6.20 Å². The third kappa shape index (κ3) is 4.07. The molecule has 0 bridgehead atoms. The Morgan fingerprint density at radius 1 is 1.19 bits per heavy atom. The topological polar surface area (TPSA) is 51.3 Å². The number of ether oxygens (including phenoxy) is 2. The van der Waals surface area contributed by atoms with E-state index in [2.05, 4.69) is 11.1 Å². The Labute approximate surface area is 137 Å². The van der Waals surface area contributed by atoms with Crippen LogP contribution in [-0.2, 0) is 11.3 Å². The summed E-state index contributed by atoms with van der Waals surface area (Å²) in [6.07, 6.45) is 1.65. The number of hydrogen-bond acceptors (Lipinski definition) is 3. The number of pyridine rings is 1. The number of H-pyrrole nitrogens is 1. The van der Waals surface area contributed by atoms with E-state index < -0.39 is 0 Å². The number of aromatic amines is 1. The second-order valence-electron chi connectivity index (χ2n) is 4.85. The maximum absolute atomic E-state index is 11.8. The average Bonchev–Trinajstić information content (AvgIpc) is 2.42. The summed E-state index contributed by atoms with van der Waals surface area (Å²) in [6.45, 7) is 6.98. The maximum atomic E-state index is 11.8. The molecule has 0 aliphatic heterocycles. The molecule has 0 atom stereocenters. The van der Waals surface area contributed by atoms with Crippen LogP contribution in [0.2, 0.25) is 0 Å². The minimum absolute atomic E-state index is 0.157. The molecule has 5 heteroatoms. The summed E-state index contributed by atoms with van der Waals surface area (Å²) in [5, 5.41) is 0. The molecule has 0 radical (unpaired) electrons. The highest BCUT2D eigenvalue weighted by Gasteiger charge is 2.13. The molecule has 0 saturated carbocycles. The number of halogens is 1. The zero-order chi connectivity index (χ0) is 15.4. The van der Waals surface area contributed by atoms with Gasteiger partial charge < -0.3 is 14.5 Å². The number of benzene rings is 1. The fraction of sp³-hybridized carbons (Fsp3) is 0.312. The van der Waals surface area contributed by atoms with Crippen LogP contribution in [0.25, 0.3) is 0 Å². The highest BCUT2D eigenvalue weighted by atomic mass is 127. The van der Waals surface area contributed by atoms with E-state index in [4.69, 9.17) is 9.47 Å². The van der Waals surface area contributed by atoms with Crippen molar-refractivity contribution in [2.24, 2.45) is 0 Å². The first-order valence-corrected chi connectivity index (χ1v) is 7.83. The molecule has 0 spiro atoms. The van der Waals surface area contributed by atoms with Gasteiger partial charge in [-0.3, -0.25) is 4.79 Å². The molecule has 0 unspecified atom stereocenters. The Balaban J connectivity index is 2.41. The van der Waals surface area contributed by atoms with Crippen LogP contribution in [0.1, 0.15) is 23.6 Å². The second kappa shape index (κ2) is 7.09. The zero-order valence-corrected chi connectivity index (χ0v) is 14.5. The molecular formula is C16H18INO3. The molecule has 4 nitrogen and oxygen atoms in total. The summed E-state index contributed by atoms with van der Waals surface area (Å²) in [5.74, 6) is 1.30. The van der Waals surface area contributed by atoms with E-state index in [0.29, 0.717) is 22.5 Å². The van der Waals surface area contributed by atoms with Crippen LogP contribution in [0.5, 0.6) is 11.5 Å². The van der Waals surface area contributed by atoms with Crippen molar-refractivity contribution in [2.75, 3.05) is 6.61 Å². The fourth-order valence-corrected chi connectivity index (χ4v) is 2.68. The lowest BCUT2D eigenvalue weighted by atomic mass is 10.1. The summed E-state index contributed by atoms with van der Waals surface area (Å²) >= 11 is 2.00. The molecule has 0 saturated heterocycles. The first-order chi connectivity index (χ1) is 10.0. The predicted octanol–water partition coefficient (Wildman–Crippen LogP) is 3.93. The first kappa shape index (κ1) is 16.0. The molecule has 0 aliphatic rings. The van der Waals surface area contributed by atoms with Crippen molar-refractivity contribution < 1.29 is 9.47 Å². The van der Waals surface area contributed by atoms with Gasteiger partial charge in [-0.05, 0) is 66.6 Å². The molecule has 112 valence electrons. The van der Waals surface area contributed by atoms with Crippen LogP contribution in [0.4, 0.5) is 0 Å². The predicted molar refractivity (Wildman–Crippen MR) is 91.1 cm³/mol. The quantitative estimate of drug-likeness (QED) is 0.776. The van der Waals surface area contributed by atoms with Gasteiger partial charge in [0.1, 0.15) is 9.32 Å². The normalized spacial score (nSPS) is 10.7. The van der Waals surface area contributed by atoms with E-state index in [-0.39, 0.29) is 5.56 Å². The number of aromatic nitrogens is 1. The first-order valence-electron chi connectivity index (χ1n) is 6.75. The molecule has 2 aromatic rings. The SMILES string of the molecule is CCOCc1c[nH]c(=O)c(I)c1Oc1cc(C)cc(C)c1. The van der Waals surface area contributed by atoms with E-state index in [9.17, 15) is 4.79 Å². The van der Waals surface area contributed by atoms with Crippen molar-refractivity contribution in [2.45, 2.75) is 27.4 Å². The Hall–Kier alpha value is -1.34. The lowest BCUT2D eigenvalue weighted by Gasteiger charge is -2.13. The summed E-state index contributed by atoms with van der Waals surface area (Å²) < 4.78 is 11.9. The second-order valence-corrected chi connectivity index (χ2v) is 5.93. The number of aryl methyl sites for hydroxylation is 2. The van der Waals surface area contributed by atoms with Gasteiger partial charge >= 0.3 is 0 Å². The van der Waals surface area contributed by atoms with Crippen LogP contribution in [0, 0.1) is 17.4 Å². The minimum Gasteiger partial charge on any atom is -0.456 e. The number of nitrogens with one attached hydrogen (secondary N) is 1. The van der Waals surface area contributed by atoms with E-state index in [0.717, 1.165) is 22.4 Å². The number of rotatable bonds is 5. The molecule has 21 heavy (non-hydrogen) atoms. The smallest absolute Gasteiger partial charge is 0.265 e. The Bertz CT molecular complexity index is 674. The molecule has 0 amide bonds. The lowest BCUT2D eigenvalue weighted by Crippen LogP contribution is -2.13. The fourth-order valence-electron chi connectivity index (χ4n) is 2.06. The third-order valence-electron chi connectivity index (χ3n) is 2.94. The molecule has 2 rings (SSSR count). The summed E-state index contributed by atoms with van der Waals surface area (Å²) in [6, 6.07) is 5.99. The van der Waals surface area contributed by atoms with Crippen LogP contribution in [-0.4, -0.2) is 11.6 Å². The molecule has 0 aliphatic carbocycles. The highest BCUT2D eigenvalue weighted by molar-refractivity contribution is 14.1. The van der Waals surface area contributed by atoms with Crippen molar-refractivity contribution >= 4 is 22.6 Å². The maximum Gasteiger partial charge on any atom is 0.265 e. The standard InChI is InChI=1S/C16H18INO3/c1-4-20-9-12-8-18-16(19)14(17)15(12)21-13-6-10(2)5-11(3)7-13/h5-8H,4,9H2,1-3H3,(H,18,19). The van der Waals surface area contributed by atoms with Gasteiger partial charge in [0.05, 0.1) is 6.61 Å². The van der Waals surface area contributed by atoms with Gasteiger partial charge in [-0.2, -0.15) is 0 Å². The van der Waals surface area contributed by atoms with Gasteiger partial charge in [0.15, 0.2) is 5.75 Å². The summed E-state index contributed by atoms with van der Waals surface area (Å²) in [4.78, 5) is 14.5. The van der Waals surface area contributed by atoms with Gasteiger partial charge in [0, 0.05) is 18.4 Å². The van der Waals surface area contributed by atoms with Crippen molar-refractivity contribution in [1.29, 1.82) is 0 Å². The van der Waals surface area contributed by atoms with Crippen molar-refractivity contribution in [3.8, 4) is 11.5 Å². The summed E-state index contributed by atoms with van der Waals surface area (Å²) in [5.41, 5.74) is 2.92. The molecule has 1 aromatic heterocycles. The Morgan fingerprint density at radius 2 is 1.86 bits per heavy atom. The van der Waals surface area contributed by atoms with Crippen LogP contribution in [0.15, 0.2) is 29.2 Å². The Kier molecular flexibility index (Phi) is 5.41. The monoisotopic (exact) mass is 399 g/mol. The van der Waals surface area contributed by atoms with Crippen molar-refractivity contribution in [3.05, 3.63) is 55.0 Å². The molecule has 0 fully saturated rings. The van der Waals surface area contributed by atoms with Gasteiger partial charge in [0.2, 0.25) is 0 Å². The van der Waals surface area contributed by atoms with E-state index >= 15 is 0 Å². The average molecular weight is 399 g/mol. The summed E-state index contributed by atoms with van der Waals surface area (Å²) in [7, 11) is 0. The number of hydrogen-bond donors (Lipinski definition) is 1. The molecular weight excluding hydrogens is 381 g/mol.